The number of anilines is 1. The highest BCUT2D eigenvalue weighted by atomic mass is 19.4. The van der Waals surface area contributed by atoms with E-state index in [-0.39, 0.29) is 37.3 Å². The smallest absolute Gasteiger partial charge is 0.394 e. The van der Waals surface area contributed by atoms with Crippen molar-refractivity contribution in [2.75, 3.05) is 18.1 Å². The van der Waals surface area contributed by atoms with Crippen LogP contribution in [-0.4, -0.2) is 42.0 Å². The second kappa shape index (κ2) is 8.63. The number of hydrogen-bond donors (Lipinski definition) is 2. The number of allylic oxidation sites excluding steroid dienone is 1. The molecule has 0 unspecified atom stereocenters. The van der Waals surface area contributed by atoms with Crippen molar-refractivity contribution in [1.29, 1.82) is 0 Å². The largest absolute Gasteiger partial charge is 0.479 e. The van der Waals surface area contributed by atoms with Gasteiger partial charge in [-0.1, -0.05) is 6.92 Å². The zero-order valence-corrected chi connectivity index (χ0v) is 18.6. The van der Waals surface area contributed by atoms with Crippen LogP contribution in [-0.2, 0) is 4.74 Å². The van der Waals surface area contributed by atoms with Gasteiger partial charge < -0.3 is 21.1 Å². The van der Waals surface area contributed by atoms with Crippen LogP contribution in [0.4, 0.5) is 24.8 Å². The number of amides is 1. The summed E-state index contributed by atoms with van der Waals surface area (Å²) >= 11 is 0. The molecule has 4 N–H and O–H groups in total. The number of alkyl halides is 3. The van der Waals surface area contributed by atoms with Crippen LogP contribution in [0.3, 0.4) is 0 Å². The molecular weight excluding hydrogens is 423 g/mol. The van der Waals surface area contributed by atoms with Crippen molar-refractivity contribution in [2.24, 2.45) is 27.8 Å². The van der Waals surface area contributed by atoms with Gasteiger partial charge in [-0.2, -0.15) is 13.2 Å². The molecule has 32 heavy (non-hydrogen) atoms. The van der Waals surface area contributed by atoms with Gasteiger partial charge in [-0.15, -0.1) is 0 Å². The van der Waals surface area contributed by atoms with Crippen LogP contribution in [0.5, 0.6) is 0 Å². The molecule has 1 amide bonds. The summed E-state index contributed by atoms with van der Waals surface area (Å²) in [5.74, 6) is 0.667. The van der Waals surface area contributed by atoms with E-state index in [2.05, 4.69) is 35.6 Å². The zero-order valence-electron chi connectivity index (χ0n) is 18.6. The van der Waals surface area contributed by atoms with Gasteiger partial charge in [-0.3, -0.25) is 4.79 Å². The van der Waals surface area contributed by atoms with Crippen LogP contribution >= 0.6 is 0 Å². The maximum absolute atomic E-state index is 12.9. The number of primary amides is 1. The lowest BCUT2D eigenvalue weighted by molar-refractivity contribution is -0.191. The number of aromatic nitrogens is 1. The number of nitrogens with two attached hydrogens (primary N) is 2. The van der Waals surface area contributed by atoms with Gasteiger partial charge in [0.1, 0.15) is 5.82 Å². The highest BCUT2D eigenvalue weighted by Gasteiger charge is 2.62. The van der Waals surface area contributed by atoms with Crippen LogP contribution in [0.2, 0.25) is 0 Å². The number of carbonyl (C=O) groups is 1. The first-order valence-electron chi connectivity index (χ1n) is 10.6. The van der Waals surface area contributed by atoms with Gasteiger partial charge in [0.15, 0.2) is 11.7 Å². The van der Waals surface area contributed by atoms with Gasteiger partial charge in [0, 0.05) is 24.4 Å². The molecule has 0 spiro atoms. The molecule has 1 saturated heterocycles. The molecular formula is C22H30F3N5O2. The van der Waals surface area contributed by atoms with Gasteiger partial charge in [0.25, 0.3) is 5.91 Å². The molecule has 2 aliphatic rings. The van der Waals surface area contributed by atoms with E-state index in [1.807, 2.05) is 0 Å². The zero-order chi connectivity index (χ0) is 23.7. The molecule has 1 aliphatic heterocycles. The third-order valence-electron chi connectivity index (χ3n) is 6.20. The Morgan fingerprint density at radius 3 is 2.56 bits per heavy atom. The highest BCUT2D eigenvalue weighted by Crippen LogP contribution is 2.59. The van der Waals surface area contributed by atoms with Gasteiger partial charge in [0.05, 0.1) is 17.6 Å². The summed E-state index contributed by atoms with van der Waals surface area (Å²) < 4.78 is 44.0. The summed E-state index contributed by atoms with van der Waals surface area (Å²) in [6.07, 6.45) is -0.394. The van der Waals surface area contributed by atoms with Gasteiger partial charge >= 0.3 is 6.18 Å². The minimum Gasteiger partial charge on any atom is -0.479 e. The fourth-order valence-electron chi connectivity index (χ4n) is 4.29. The predicted molar refractivity (Wildman–Crippen MR) is 117 cm³/mol. The second-order valence-corrected chi connectivity index (χ2v) is 9.36. The first kappa shape index (κ1) is 23.9. The molecule has 0 radical (unpaired) electrons. The minimum atomic E-state index is -4.21. The van der Waals surface area contributed by atoms with E-state index in [1.165, 1.54) is 12.3 Å². The molecule has 1 aliphatic carbocycles. The number of ether oxygens (including phenoxy) is 1. The van der Waals surface area contributed by atoms with Gasteiger partial charge in [-0.25, -0.2) is 9.98 Å². The lowest BCUT2D eigenvalue weighted by Crippen LogP contribution is -2.40. The molecule has 1 aromatic heterocycles. The lowest BCUT2D eigenvalue weighted by atomic mass is 9.97. The molecule has 7 nitrogen and oxygen atoms in total. The molecule has 176 valence electrons. The van der Waals surface area contributed by atoms with Crippen LogP contribution in [0.25, 0.3) is 0 Å². The van der Waals surface area contributed by atoms with E-state index in [0.29, 0.717) is 23.1 Å². The van der Waals surface area contributed by atoms with Crippen molar-refractivity contribution >= 4 is 23.8 Å². The minimum absolute atomic E-state index is 0.0322. The predicted octanol–water partition coefficient (Wildman–Crippen LogP) is 4.06. The topological polar surface area (TPSA) is 107 Å². The van der Waals surface area contributed by atoms with Gasteiger partial charge in [-0.05, 0) is 57.6 Å². The van der Waals surface area contributed by atoms with E-state index < -0.39 is 17.5 Å². The fourth-order valence-corrected chi connectivity index (χ4v) is 4.29. The molecule has 2 fully saturated rings. The summed E-state index contributed by atoms with van der Waals surface area (Å²) in [5, 5.41) is 0. The second-order valence-electron chi connectivity index (χ2n) is 9.36. The number of aliphatic imine (C=N–C) groups is 1. The Balaban J connectivity index is 1.67. The van der Waals surface area contributed by atoms with E-state index in [9.17, 15) is 18.0 Å². The van der Waals surface area contributed by atoms with Crippen molar-refractivity contribution in [2.45, 2.75) is 58.2 Å². The molecule has 10 heteroatoms. The number of hydrogen-bond acceptors (Lipinski definition) is 6. The van der Waals surface area contributed by atoms with E-state index in [0.717, 1.165) is 13.0 Å². The normalized spacial score (nSPS) is 22.4. The maximum atomic E-state index is 12.9. The number of rotatable bonds is 8. The standard InChI is InChI=1S/C22H30F3N5O2/c1-14-12-20(2,3)30(13-14)19-15(18(27)31)4-5-17(29-19)28-10-6-16(26)32-11-9-21(7-8-21)22(23,24)25/h4-6,10,14H,7-9,11-13,26H2,1-3H3,(H2,27,31)/t14-/m0/s1. The number of pyridine rings is 1. The van der Waals surface area contributed by atoms with Gasteiger partial charge in [0.2, 0.25) is 0 Å². The highest BCUT2D eigenvalue weighted by molar-refractivity contribution is 5.98. The summed E-state index contributed by atoms with van der Waals surface area (Å²) in [7, 11) is 0. The molecule has 3 rings (SSSR count). The Morgan fingerprint density at radius 2 is 2.03 bits per heavy atom. The Kier molecular flexibility index (Phi) is 6.44. The third kappa shape index (κ3) is 5.16. The molecule has 1 saturated carbocycles. The fraction of sp³-hybridized carbons (Fsp3) is 0.591. The van der Waals surface area contributed by atoms with E-state index >= 15 is 0 Å². The summed E-state index contributed by atoms with van der Waals surface area (Å²) in [4.78, 5) is 22.7. The SMILES string of the molecule is C[C@@H]1CN(c2nc(N=CC=C(N)OCCC3(C(F)(F)F)CC3)ccc2C(N)=O)C(C)(C)C1. The molecule has 1 aromatic rings. The summed E-state index contributed by atoms with van der Waals surface area (Å²) in [6, 6.07) is 3.16. The Morgan fingerprint density at radius 1 is 1.34 bits per heavy atom. The summed E-state index contributed by atoms with van der Waals surface area (Å²) in [5.41, 5.74) is 9.78. The van der Waals surface area contributed by atoms with Crippen molar-refractivity contribution in [3.63, 3.8) is 0 Å². The van der Waals surface area contributed by atoms with Crippen LogP contribution in [0.15, 0.2) is 29.1 Å². The first-order valence-corrected chi connectivity index (χ1v) is 10.6. The Labute approximate surface area is 185 Å². The molecule has 1 atom stereocenters. The van der Waals surface area contributed by atoms with Crippen LogP contribution in [0.1, 0.15) is 56.8 Å². The van der Waals surface area contributed by atoms with Crippen LogP contribution < -0.4 is 16.4 Å². The van der Waals surface area contributed by atoms with Crippen molar-refractivity contribution in [1.82, 2.24) is 4.98 Å². The van der Waals surface area contributed by atoms with E-state index in [4.69, 9.17) is 16.2 Å². The van der Waals surface area contributed by atoms with Crippen molar-refractivity contribution in [3.8, 4) is 0 Å². The van der Waals surface area contributed by atoms with Crippen LogP contribution in [0, 0.1) is 11.3 Å². The van der Waals surface area contributed by atoms with E-state index in [1.54, 1.807) is 12.1 Å². The number of carbonyl (C=O) groups excluding carboxylic acids is 1. The lowest BCUT2D eigenvalue weighted by Gasteiger charge is -2.33. The van der Waals surface area contributed by atoms with Crippen molar-refractivity contribution in [3.05, 3.63) is 29.7 Å². The average molecular weight is 454 g/mol. The molecule has 0 bridgehead atoms. The summed E-state index contributed by atoms with van der Waals surface area (Å²) in [6.45, 7) is 6.94. The quantitative estimate of drug-likeness (QED) is 0.456. The third-order valence-corrected chi connectivity index (χ3v) is 6.20. The molecule has 2 heterocycles. The molecule has 0 aromatic carbocycles. The monoisotopic (exact) mass is 453 g/mol. The number of nitrogens with zero attached hydrogens (tertiary/aromatic N) is 3. The van der Waals surface area contributed by atoms with Crippen molar-refractivity contribution < 1.29 is 22.7 Å². The maximum Gasteiger partial charge on any atom is 0.394 e. The Bertz CT molecular complexity index is 923. The Hall–Kier alpha value is -2.78. The first-order chi connectivity index (χ1) is 14.8. The average Bonchev–Trinajstić information content (AvgIpc) is 3.41. The number of halogens is 3.